The molecule has 0 N–H and O–H groups in total. The van der Waals surface area contributed by atoms with Crippen molar-refractivity contribution >= 4 is 17.8 Å². The Kier molecular flexibility index (Phi) is 2.83. The van der Waals surface area contributed by atoms with Crippen LogP contribution in [0.1, 0.15) is 12.1 Å². The van der Waals surface area contributed by atoms with Gasteiger partial charge < -0.3 is 0 Å². The molecule has 0 saturated carbocycles. The lowest BCUT2D eigenvalue weighted by Crippen LogP contribution is -2.44. The van der Waals surface area contributed by atoms with Gasteiger partial charge in [-0.3, -0.25) is 0 Å². The quantitative estimate of drug-likeness (QED) is 0.782. The minimum atomic E-state index is -0.0872. The minimum Gasteiger partial charge on any atom is -0.246 e. The Hall–Kier alpha value is -1.76. The summed E-state index contributed by atoms with van der Waals surface area (Å²) >= 11 is 1.69. The molecule has 18 heavy (non-hydrogen) atoms. The third-order valence-electron chi connectivity index (χ3n) is 2.84. The van der Waals surface area contributed by atoms with Crippen molar-refractivity contribution in [1.29, 1.82) is 0 Å². The van der Waals surface area contributed by atoms with Crippen molar-refractivity contribution < 1.29 is 4.79 Å². The number of aryl methyl sites for hydroxylation is 1. The predicted octanol–water partition coefficient (Wildman–Crippen LogP) is 1.49. The van der Waals surface area contributed by atoms with Crippen LogP contribution >= 0.6 is 11.8 Å². The van der Waals surface area contributed by atoms with Gasteiger partial charge in [-0.1, -0.05) is 0 Å². The van der Waals surface area contributed by atoms with E-state index >= 15 is 0 Å². The highest BCUT2D eigenvalue weighted by Gasteiger charge is 2.23. The van der Waals surface area contributed by atoms with Crippen molar-refractivity contribution in [3.8, 4) is 0 Å². The van der Waals surface area contributed by atoms with Crippen LogP contribution < -0.4 is 5.01 Å². The van der Waals surface area contributed by atoms with E-state index in [0.29, 0.717) is 6.54 Å². The largest absolute Gasteiger partial charge is 0.349 e. The fourth-order valence-corrected chi connectivity index (χ4v) is 2.94. The summed E-state index contributed by atoms with van der Waals surface area (Å²) in [4.78, 5) is 20.7. The third kappa shape index (κ3) is 1.80. The summed E-state index contributed by atoms with van der Waals surface area (Å²) in [5, 5.41) is 2.61. The second kappa shape index (κ2) is 4.49. The number of rotatable bonds is 1. The molecule has 94 valence electrons. The topological polar surface area (TPSA) is 56.0 Å². The summed E-state index contributed by atoms with van der Waals surface area (Å²) in [6.07, 6.45) is 7.61. The van der Waals surface area contributed by atoms with E-state index in [1.54, 1.807) is 51.1 Å². The normalized spacial score (nSPS) is 16.3. The molecule has 0 aliphatic carbocycles. The number of nitrogens with zero attached hydrogens (tertiary/aromatic N) is 5. The Morgan fingerprint density at radius 3 is 3.06 bits per heavy atom. The Labute approximate surface area is 109 Å². The summed E-state index contributed by atoms with van der Waals surface area (Å²) in [7, 11) is 0. The molecule has 0 saturated heterocycles. The minimum absolute atomic E-state index is 0.0872. The smallest absolute Gasteiger partial charge is 0.246 e. The molecule has 0 bridgehead atoms. The monoisotopic (exact) mass is 263 g/mol. The maximum atomic E-state index is 12.5. The van der Waals surface area contributed by atoms with Crippen LogP contribution in [0.2, 0.25) is 0 Å². The second-order valence-electron chi connectivity index (χ2n) is 4.06. The lowest BCUT2D eigenvalue weighted by Gasteiger charge is -2.25. The maximum absolute atomic E-state index is 12.5. The summed E-state index contributed by atoms with van der Waals surface area (Å²) in [6, 6.07) is -0.0872. The zero-order valence-electron chi connectivity index (χ0n) is 9.98. The van der Waals surface area contributed by atoms with Crippen molar-refractivity contribution in [1.82, 2.24) is 19.2 Å². The number of amides is 1. The molecule has 0 unspecified atom stereocenters. The Morgan fingerprint density at radius 1 is 1.39 bits per heavy atom. The lowest BCUT2D eigenvalue weighted by molar-refractivity contribution is 0.240. The molecule has 0 spiro atoms. The first-order valence-corrected chi connectivity index (χ1v) is 6.73. The van der Waals surface area contributed by atoms with Crippen molar-refractivity contribution in [3.63, 3.8) is 0 Å². The zero-order chi connectivity index (χ0) is 12.5. The van der Waals surface area contributed by atoms with Gasteiger partial charge in [0.2, 0.25) is 0 Å². The highest BCUT2D eigenvalue weighted by molar-refractivity contribution is 7.99. The highest BCUT2D eigenvalue weighted by atomic mass is 32.2. The second-order valence-corrected chi connectivity index (χ2v) is 5.14. The molecule has 1 aliphatic rings. The number of imidazole rings is 2. The molecule has 6 nitrogen and oxygen atoms in total. The molecular weight excluding hydrogens is 250 g/mol. The standard InChI is InChI=1S/C11H13N5OS/c1-9-10-15(8-13-9)11(17)16(4-2-6-18-10)14-5-3-12-7-14/h3,5,7-8H,2,4,6H2,1H3. The van der Waals surface area contributed by atoms with Gasteiger partial charge in [0.05, 0.1) is 5.69 Å². The molecule has 2 aromatic heterocycles. The molecular formula is C11H13N5OS. The van der Waals surface area contributed by atoms with Crippen LogP contribution in [0.4, 0.5) is 4.79 Å². The van der Waals surface area contributed by atoms with Crippen LogP contribution in [0.15, 0.2) is 30.1 Å². The van der Waals surface area contributed by atoms with Gasteiger partial charge in [-0.05, 0) is 13.3 Å². The fraction of sp³-hybridized carbons (Fsp3) is 0.364. The number of hydrogen-bond acceptors (Lipinski definition) is 4. The predicted molar refractivity (Wildman–Crippen MR) is 68.4 cm³/mol. The molecule has 2 aromatic rings. The Balaban J connectivity index is 2.02. The van der Waals surface area contributed by atoms with E-state index in [1.165, 1.54) is 0 Å². The van der Waals surface area contributed by atoms with Crippen molar-refractivity contribution in [2.45, 2.75) is 18.4 Å². The van der Waals surface area contributed by atoms with Gasteiger partial charge >= 0.3 is 6.03 Å². The van der Waals surface area contributed by atoms with Crippen LogP contribution in [0.3, 0.4) is 0 Å². The number of carbonyl (C=O) groups excluding carboxylic acids is 1. The molecule has 7 heteroatoms. The van der Waals surface area contributed by atoms with E-state index < -0.39 is 0 Å². The van der Waals surface area contributed by atoms with Gasteiger partial charge in [-0.25, -0.2) is 29.0 Å². The van der Waals surface area contributed by atoms with Gasteiger partial charge in [0.15, 0.2) is 0 Å². The molecule has 3 rings (SSSR count). The zero-order valence-corrected chi connectivity index (χ0v) is 10.8. The van der Waals surface area contributed by atoms with Crippen molar-refractivity contribution in [2.24, 2.45) is 0 Å². The van der Waals surface area contributed by atoms with E-state index in [-0.39, 0.29) is 6.03 Å². The van der Waals surface area contributed by atoms with Crippen LogP contribution in [0.5, 0.6) is 0 Å². The molecule has 0 aromatic carbocycles. The average molecular weight is 263 g/mol. The van der Waals surface area contributed by atoms with Crippen LogP contribution in [-0.2, 0) is 0 Å². The summed E-state index contributed by atoms with van der Waals surface area (Å²) in [5.41, 5.74) is 0.904. The summed E-state index contributed by atoms with van der Waals surface area (Å²) in [5.74, 6) is 0.977. The molecule has 1 aliphatic heterocycles. The van der Waals surface area contributed by atoms with E-state index in [0.717, 1.165) is 22.9 Å². The number of hydrogen-bond donors (Lipinski definition) is 0. The number of carbonyl (C=O) groups is 1. The van der Waals surface area contributed by atoms with Gasteiger partial charge in [-0.15, -0.1) is 11.8 Å². The highest BCUT2D eigenvalue weighted by Crippen LogP contribution is 2.24. The average Bonchev–Trinajstić information content (AvgIpc) is 2.97. The SMILES string of the molecule is Cc1ncn2c1SCCCN(n1ccnc1)C2=O. The van der Waals surface area contributed by atoms with Gasteiger partial charge in [0.25, 0.3) is 0 Å². The lowest BCUT2D eigenvalue weighted by atomic mass is 10.4. The Bertz CT molecular complexity index is 562. The van der Waals surface area contributed by atoms with E-state index in [4.69, 9.17) is 0 Å². The first kappa shape index (κ1) is 11.3. The van der Waals surface area contributed by atoms with E-state index in [9.17, 15) is 4.79 Å². The number of fused-ring (bicyclic) bond motifs is 1. The molecule has 0 fully saturated rings. The van der Waals surface area contributed by atoms with Gasteiger partial charge in [-0.2, -0.15) is 0 Å². The number of thioether (sulfide) groups is 1. The van der Waals surface area contributed by atoms with Crippen molar-refractivity contribution in [2.75, 3.05) is 17.3 Å². The first-order valence-electron chi connectivity index (χ1n) is 5.74. The number of aromatic nitrogens is 4. The third-order valence-corrected chi connectivity index (χ3v) is 4.10. The van der Waals surface area contributed by atoms with Crippen molar-refractivity contribution in [3.05, 3.63) is 30.7 Å². The Morgan fingerprint density at radius 2 is 2.28 bits per heavy atom. The van der Waals surface area contributed by atoms with Crippen LogP contribution in [0.25, 0.3) is 0 Å². The fourth-order valence-electron chi connectivity index (χ4n) is 1.95. The van der Waals surface area contributed by atoms with E-state index in [2.05, 4.69) is 9.97 Å². The van der Waals surface area contributed by atoms with E-state index in [1.807, 2.05) is 6.92 Å². The first-order chi connectivity index (χ1) is 8.77. The van der Waals surface area contributed by atoms with Crippen LogP contribution in [0, 0.1) is 6.92 Å². The maximum Gasteiger partial charge on any atom is 0.349 e. The molecule has 1 amide bonds. The molecule has 0 radical (unpaired) electrons. The van der Waals surface area contributed by atoms with Gasteiger partial charge in [0.1, 0.15) is 17.7 Å². The van der Waals surface area contributed by atoms with Crippen LogP contribution in [-0.4, -0.2) is 37.5 Å². The summed E-state index contributed by atoms with van der Waals surface area (Å²) < 4.78 is 3.33. The molecule has 3 heterocycles. The molecule has 0 atom stereocenters. The van der Waals surface area contributed by atoms with Gasteiger partial charge in [0, 0.05) is 24.7 Å². The summed E-state index contributed by atoms with van der Waals surface area (Å²) in [6.45, 7) is 2.61.